The second-order valence-electron chi connectivity index (χ2n) is 7.93. The number of aryl methyl sites for hydroxylation is 1. The fourth-order valence-electron chi connectivity index (χ4n) is 4.87. The molecule has 28 heavy (non-hydrogen) atoms. The predicted octanol–water partition coefficient (Wildman–Crippen LogP) is 4.83. The third-order valence-electron chi connectivity index (χ3n) is 6.23. The highest BCUT2D eigenvalue weighted by Gasteiger charge is 2.55. The van der Waals surface area contributed by atoms with Gasteiger partial charge in [-0.1, -0.05) is 19.8 Å². The van der Waals surface area contributed by atoms with Crippen LogP contribution in [0.15, 0.2) is 28.8 Å². The van der Waals surface area contributed by atoms with Crippen LogP contribution in [0, 0.1) is 11.6 Å². The van der Waals surface area contributed by atoms with Crippen molar-refractivity contribution in [2.75, 3.05) is 0 Å². The molecule has 0 amide bonds. The maximum atomic E-state index is 14.4. The second-order valence-corrected chi connectivity index (χ2v) is 7.93. The van der Waals surface area contributed by atoms with E-state index in [0.717, 1.165) is 62.3 Å². The van der Waals surface area contributed by atoms with E-state index in [4.69, 9.17) is 4.42 Å². The Morgan fingerprint density at radius 2 is 2.14 bits per heavy atom. The van der Waals surface area contributed by atoms with E-state index in [0.29, 0.717) is 11.8 Å². The number of benzene rings is 1. The lowest BCUT2D eigenvalue weighted by molar-refractivity contribution is 0.360. The number of hydrogen-bond donors (Lipinski definition) is 0. The van der Waals surface area contributed by atoms with E-state index < -0.39 is 11.6 Å². The SMILES string of the molecule is CCCCCc1nnc(C23CCC(C2)c2c3cnn2-c2ccc(F)cc2F)o1. The highest BCUT2D eigenvalue weighted by molar-refractivity contribution is 5.49. The minimum Gasteiger partial charge on any atom is -0.424 e. The van der Waals surface area contributed by atoms with E-state index in [1.54, 1.807) is 10.9 Å². The summed E-state index contributed by atoms with van der Waals surface area (Å²) in [5.74, 6) is 0.395. The molecule has 1 saturated carbocycles. The summed E-state index contributed by atoms with van der Waals surface area (Å²) in [5, 5.41) is 13.1. The largest absolute Gasteiger partial charge is 0.424 e. The molecule has 0 saturated heterocycles. The molecule has 2 bridgehead atoms. The molecule has 5 nitrogen and oxygen atoms in total. The van der Waals surface area contributed by atoms with Crippen molar-refractivity contribution >= 4 is 0 Å². The van der Waals surface area contributed by atoms with Crippen molar-refractivity contribution in [3.05, 3.63) is 59.1 Å². The summed E-state index contributed by atoms with van der Waals surface area (Å²) in [7, 11) is 0. The Morgan fingerprint density at radius 3 is 2.96 bits per heavy atom. The molecule has 7 heteroatoms. The molecule has 5 rings (SSSR count). The monoisotopic (exact) mass is 384 g/mol. The lowest BCUT2D eigenvalue weighted by Gasteiger charge is -2.22. The quantitative estimate of drug-likeness (QED) is 0.571. The van der Waals surface area contributed by atoms with Gasteiger partial charge in [0.25, 0.3) is 0 Å². The Bertz CT molecular complexity index is 1030. The fourth-order valence-corrected chi connectivity index (χ4v) is 4.87. The molecule has 2 unspecified atom stereocenters. The Labute approximate surface area is 161 Å². The van der Waals surface area contributed by atoms with Crippen LogP contribution in [-0.4, -0.2) is 20.0 Å². The Morgan fingerprint density at radius 1 is 1.25 bits per heavy atom. The number of rotatable bonds is 6. The molecule has 2 aliphatic carbocycles. The first kappa shape index (κ1) is 17.5. The van der Waals surface area contributed by atoms with Crippen molar-refractivity contribution in [3.8, 4) is 5.69 Å². The lowest BCUT2D eigenvalue weighted by Crippen LogP contribution is -2.22. The van der Waals surface area contributed by atoms with Crippen molar-refractivity contribution in [2.45, 2.75) is 63.2 Å². The third kappa shape index (κ3) is 2.52. The molecular formula is C21H22F2N4O. The average Bonchev–Trinajstić information content (AvgIpc) is 3.43. The van der Waals surface area contributed by atoms with Gasteiger partial charge in [-0.3, -0.25) is 0 Å². The third-order valence-corrected chi connectivity index (χ3v) is 6.23. The molecule has 2 aromatic heterocycles. The molecule has 1 aromatic carbocycles. The molecule has 2 atom stereocenters. The molecule has 2 aliphatic rings. The Hall–Kier alpha value is -2.57. The first-order chi connectivity index (χ1) is 13.6. The average molecular weight is 384 g/mol. The van der Waals surface area contributed by atoms with E-state index >= 15 is 0 Å². The summed E-state index contributed by atoms with van der Waals surface area (Å²) in [6, 6.07) is 3.60. The summed E-state index contributed by atoms with van der Waals surface area (Å²) < 4.78 is 35.3. The van der Waals surface area contributed by atoms with Gasteiger partial charge >= 0.3 is 0 Å². The van der Waals surface area contributed by atoms with Crippen LogP contribution in [0.2, 0.25) is 0 Å². The summed E-state index contributed by atoms with van der Waals surface area (Å²) >= 11 is 0. The highest BCUT2D eigenvalue weighted by Crippen LogP contribution is 2.60. The molecule has 1 fully saturated rings. The van der Waals surface area contributed by atoms with Gasteiger partial charge in [-0.25, -0.2) is 13.5 Å². The first-order valence-electron chi connectivity index (χ1n) is 9.99. The van der Waals surface area contributed by atoms with E-state index in [2.05, 4.69) is 22.2 Å². The van der Waals surface area contributed by atoms with Crippen molar-refractivity contribution in [2.24, 2.45) is 0 Å². The standard InChI is InChI=1S/C21H22F2N4O/c1-2-3-4-5-18-25-26-20(28-18)21-9-8-13(11-21)19-15(21)12-24-27(19)17-7-6-14(22)10-16(17)23/h6-7,10,12-13H,2-5,8-9,11H2,1H3. The minimum atomic E-state index is -0.612. The van der Waals surface area contributed by atoms with Crippen LogP contribution in [0.5, 0.6) is 0 Å². The summed E-state index contributed by atoms with van der Waals surface area (Å²) in [6.07, 6.45) is 8.69. The van der Waals surface area contributed by atoms with Crippen LogP contribution in [0.4, 0.5) is 8.78 Å². The topological polar surface area (TPSA) is 56.7 Å². The lowest BCUT2D eigenvalue weighted by atomic mass is 9.81. The number of hydrogen-bond acceptors (Lipinski definition) is 4. The molecule has 3 aromatic rings. The number of halogens is 2. The summed E-state index contributed by atoms with van der Waals surface area (Å²) in [6.45, 7) is 2.17. The van der Waals surface area contributed by atoms with Gasteiger partial charge in [0.05, 0.1) is 17.3 Å². The van der Waals surface area contributed by atoms with Crippen molar-refractivity contribution in [1.82, 2.24) is 20.0 Å². The smallest absolute Gasteiger partial charge is 0.227 e. The van der Waals surface area contributed by atoms with Gasteiger partial charge < -0.3 is 4.42 Å². The maximum Gasteiger partial charge on any atom is 0.227 e. The molecule has 0 spiro atoms. The minimum absolute atomic E-state index is 0.261. The fraction of sp³-hybridized carbons (Fsp3) is 0.476. The molecule has 2 heterocycles. The van der Waals surface area contributed by atoms with Crippen LogP contribution in [-0.2, 0) is 11.8 Å². The molecular weight excluding hydrogens is 362 g/mol. The second kappa shape index (κ2) is 6.50. The molecule has 0 aliphatic heterocycles. The maximum absolute atomic E-state index is 14.4. The van der Waals surface area contributed by atoms with E-state index in [9.17, 15) is 8.78 Å². The zero-order valence-electron chi connectivity index (χ0n) is 15.8. The predicted molar refractivity (Wildman–Crippen MR) is 98.4 cm³/mol. The van der Waals surface area contributed by atoms with Crippen LogP contribution < -0.4 is 0 Å². The summed E-state index contributed by atoms with van der Waals surface area (Å²) in [4.78, 5) is 0. The van der Waals surface area contributed by atoms with E-state index in [-0.39, 0.29) is 17.0 Å². The van der Waals surface area contributed by atoms with Crippen LogP contribution in [0.3, 0.4) is 0 Å². The first-order valence-corrected chi connectivity index (χ1v) is 9.99. The van der Waals surface area contributed by atoms with Gasteiger partial charge in [0.15, 0.2) is 5.82 Å². The van der Waals surface area contributed by atoms with Crippen molar-refractivity contribution in [1.29, 1.82) is 0 Å². The van der Waals surface area contributed by atoms with Crippen molar-refractivity contribution in [3.63, 3.8) is 0 Å². The normalized spacial score (nSPS) is 22.8. The van der Waals surface area contributed by atoms with E-state index in [1.807, 2.05) is 0 Å². The van der Waals surface area contributed by atoms with Crippen LogP contribution in [0.25, 0.3) is 5.69 Å². The molecule has 0 N–H and O–H groups in total. The number of fused-ring (bicyclic) bond motifs is 5. The molecule has 0 radical (unpaired) electrons. The zero-order chi connectivity index (χ0) is 19.3. The Balaban J connectivity index is 1.52. The van der Waals surface area contributed by atoms with Gasteiger partial charge in [0.1, 0.15) is 11.5 Å². The van der Waals surface area contributed by atoms with Gasteiger partial charge in [-0.15, -0.1) is 10.2 Å². The van der Waals surface area contributed by atoms with Crippen LogP contribution >= 0.6 is 0 Å². The number of nitrogens with zero attached hydrogens (tertiary/aromatic N) is 4. The number of unbranched alkanes of at least 4 members (excludes halogenated alkanes) is 2. The van der Waals surface area contributed by atoms with Gasteiger partial charge in [-0.2, -0.15) is 5.10 Å². The number of aromatic nitrogens is 4. The summed E-state index contributed by atoms with van der Waals surface area (Å²) in [5.41, 5.74) is 1.97. The Kier molecular flexibility index (Phi) is 4.07. The van der Waals surface area contributed by atoms with Crippen LogP contribution in [0.1, 0.15) is 74.4 Å². The highest BCUT2D eigenvalue weighted by atomic mass is 19.1. The molecule has 146 valence electrons. The van der Waals surface area contributed by atoms with E-state index in [1.165, 1.54) is 12.1 Å². The van der Waals surface area contributed by atoms with Crippen molar-refractivity contribution < 1.29 is 13.2 Å². The van der Waals surface area contributed by atoms with Gasteiger partial charge in [0.2, 0.25) is 11.8 Å². The van der Waals surface area contributed by atoms with Gasteiger partial charge in [0, 0.05) is 24.0 Å². The zero-order valence-corrected chi connectivity index (χ0v) is 15.8. The van der Waals surface area contributed by atoms with Gasteiger partial charge in [-0.05, 0) is 37.8 Å².